The van der Waals surface area contributed by atoms with E-state index in [1.165, 1.54) is 0 Å². The SMILES string of the molecule is COCCCc1nncn1C(C)(C)C. The summed E-state index contributed by atoms with van der Waals surface area (Å²) in [6, 6.07) is 0. The van der Waals surface area contributed by atoms with Gasteiger partial charge in [0.2, 0.25) is 0 Å². The lowest BCUT2D eigenvalue weighted by Gasteiger charge is -2.22. The zero-order chi connectivity index (χ0) is 10.6. The molecule has 1 rings (SSSR count). The van der Waals surface area contributed by atoms with Crippen molar-refractivity contribution >= 4 is 0 Å². The Labute approximate surface area is 85.3 Å². The van der Waals surface area contributed by atoms with E-state index in [-0.39, 0.29) is 5.54 Å². The molecule has 0 aromatic carbocycles. The first-order chi connectivity index (χ1) is 6.55. The first-order valence-corrected chi connectivity index (χ1v) is 4.94. The van der Waals surface area contributed by atoms with Gasteiger partial charge in [-0.3, -0.25) is 0 Å². The van der Waals surface area contributed by atoms with Gasteiger partial charge < -0.3 is 9.30 Å². The third kappa shape index (κ3) is 2.80. The molecule has 0 atom stereocenters. The lowest BCUT2D eigenvalue weighted by molar-refractivity contribution is 0.193. The molecule has 14 heavy (non-hydrogen) atoms. The van der Waals surface area contributed by atoms with Crippen LogP contribution in [0.1, 0.15) is 33.0 Å². The minimum absolute atomic E-state index is 0.0614. The molecule has 4 heteroatoms. The Bertz CT molecular complexity index is 275. The molecule has 0 spiro atoms. The molecular weight excluding hydrogens is 178 g/mol. The molecule has 0 radical (unpaired) electrons. The molecule has 0 aliphatic rings. The smallest absolute Gasteiger partial charge is 0.133 e. The summed E-state index contributed by atoms with van der Waals surface area (Å²) >= 11 is 0. The van der Waals surface area contributed by atoms with Crippen LogP contribution < -0.4 is 0 Å². The molecule has 0 aliphatic heterocycles. The second kappa shape index (κ2) is 4.55. The minimum Gasteiger partial charge on any atom is -0.385 e. The van der Waals surface area contributed by atoms with Gasteiger partial charge in [-0.2, -0.15) is 0 Å². The van der Waals surface area contributed by atoms with Crippen LogP contribution in [0.15, 0.2) is 6.33 Å². The predicted octanol–water partition coefficient (Wildman–Crippen LogP) is 1.61. The maximum atomic E-state index is 5.01. The van der Waals surface area contributed by atoms with E-state index in [1.807, 2.05) is 0 Å². The number of ether oxygens (including phenoxy) is 1. The summed E-state index contributed by atoms with van der Waals surface area (Å²) in [6.07, 6.45) is 3.71. The van der Waals surface area contributed by atoms with Crippen molar-refractivity contribution in [1.29, 1.82) is 0 Å². The summed E-state index contributed by atoms with van der Waals surface area (Å²) in [4.78, 5) is 0. The largest absolute Gasteiger partial charge is 0.385 e. The molecule has 0 aliphatic carbocycles. The summed E-state index contributed by atoms with van der Waals surface area (Å²) in [7, 11) is 1.72. The van der Waals surface area contributed by atoms with Gasteiger partial charge in [-0.1, -0.05) is 0 Å². The summed E-state index contributed by atoms with van der Waals surface area (Å²) in [5.41, 5.74) is 0.0614. The van der Waals surface area contributed by atoms with E-state index < -0.39 is 0 Å². The fourth-order valence-corrected chi connectivity index (χ4v) is 1.36. The molecule has 1 aromatic rings. The molecule has 0 amide bonds. The minimum atomic E-state index is 0.0614. The first kappa shape index (κ1) is 11.2. The number of methoxy groups -OCH3 is 1. The Balaban J connectivity index is 2.63. The highest BCUT2D eigenvalue weighted by Gasteiger charge is 2.16. The van der Waals surface area contributed by atoms with Gasteiger partial charge in [0.25, 0.3) is 0 Å². The number of aromatic nitrogens is 3. The molecular formula is C10H19N3O. The van der Waals surface area contributed by atoms with Crippen molar-refractivity contribution < 1.29 is 4.74 Å². The van der Waals surface area contributed by atoms with Crippen LogP contribution in [0.3, 0.4) is 0 Å². The molecule has 0 N–H and O–H groups in total. The van der Waals surface area contributed by atoms with Crippen LogP contribution in [0.5, 0.6) is 0 Å². The summed E-state index contributed by atoms with van der Waals surface area (Å²) < 4.78 is 7.12. The van der Waals surface area contributed by atoms with Crippen molar-refractivity contribution in [2.75, 3.05) is 13.7 Å². The monoisotopic (exact) mass is 197 g/mol. The normalized spacial score (nSPS) is 12.0. The molecule has 0 bridgehead atoms. The predicted molar refractivity (Wildman–Crippen MR) is 55.2 cm³/mol. The Morgan fingerprint density at radius 2 is 2.14 bits per heavy atom. The van der Waals surface area contributed by atoms with Crippen molar-refractivity contribution in [3.63, 3.8) is 0 Å². The van der Waals surface area contributed by atoms with E-state index in [2.05, 4.69) is 35.5 Å². The van der Waals surface area contributed by atoms with Crippen LogP contribution in [0.25, 0.3) is 0 Å². The lowest BCUT2D eigenvalue weighted by Crippen LogP contribution is -2.23. The van der Waals surface area contributed by atoms with Gasteiger partial charge in [0.1, 0.15) is 12.2 Å². The number of rotatable bonds is 4. The Hall–Kier alpha value is -0.900. The molecule has 0 fully saturated rings. The fourth-order valence-electron chi connectivity index (χ4n) is 1.36. The van der Waals surface area contributed by atoms with Gasteiger partial charge in [0.15, 0.2) is 0 Å². The summed E-state index contributed by atoms with van der Waals surface area (Å²) in [5, 5.41) is 8.05. The van der Waals surface area contributed by atoms with Gasteiger partial charge >= 0.3 is 0 Å². The topological polar surface area (TPSA) is 39.9 Å². The molecule has 0 saturated carbocycles. The lowest BCUT2D eigenvalue weighted by atomic mass is 10.1. The van der Waals surface area contributed by atoms with Crippen molar-refractivity contribution in [3.8, 4) is 0 Å². The second-order valence-corrected chi connectivity index (χ2v) is 4.38. The highest BCUT2D eigenvalue weighted by atomic mass is 16.5. The summed E-state index contributed by atoms with van der Waals surface area (Å²) in [5.74, 6) is 1.04. The van der Waals surface area contributed by atoms with Gasteiger partial charge in [-0.25, -0.2) is 0 Å². The van der Waals surface area contributed by atoms with Crippen LogP contribution in [-0.4, -0.2) is 28.5 Å². The van der Waals surface area contributed by atoms with E-state index in [1.54, 1.807) is 13.4 Å². The van der Waals surface area contributed by atoms with E-state index in [0.29, 0.717) is 0 Å². The van der Waals surface area contributed by atoms with Crippen LogP contribution in [0.2, 0.25) is 0 Å². The second-order valence-electron chi connectivity index (χ2n) is 4.38. The van der Waals surface area contributed by atoms with Crippen LogP contribution in [0, 0.1) is 0 Å². The van der Waals surface area contributed by atoms with Crippen molar-refractivity contribution in [3.05, 3.63) is 12.2 Å². The third-order valence-electron chi connectivity index (χ3n) is 2.09. The maximum Gasteiger partial charge on any atom is 0.133 e. The van der Waals surface area contributed by atoms with Gasteiger partial charge in [0, 0.05) is 25.7 Å². The van der Waals surface area contributed by atoms with Gasteiger partial charge in [-0.05, 0) is 27.2 Å². The van der Waals surface area contributed by atoms with Crippen LogP contribution in [-0.2, 0) is 16.7 Å². The Morgan fingerprint density at radius 3 is 2.71 bits per heavy atom. The van der Waals surface area contributed by atoms with Crippen LogP contribution in [0.4, 0.5) is 0 Å². The highest BCUT2D eigenvalue weighted by molar-refractivity contribution is 4.92. The number of hydrogen-bond donors (Lipinski definition) is 0. The quantitative estimate of drug-likeness (QED) is 0.688. The molecule has 1 aromatic heterocycles. The molecule has 0 saturated heterocycles. The standard InChI is InChI=1S/C10H19N3O/c1-10(2,3)13-8-11-12-9(13)6-5-7-14-4/h8H,5-7H2,1-4H3. The average Bonchev–Trinajstić information content (AvgIpc) is 2.52. The van der Waals surface area contributed by atoms with Crippen molar-refractivity contribution in [2.24, 2.45) is 0 Å². The third-order valence-corrected chi connectivity index (χ3v) is 2.09. The van der Waals surface area contributed by atoms with Gasteiger partial charge in [0.05, 0.1) is 0 Å². The Morgan fingerprint density at radius 1 is 1.43 bits per heavy atom. The zero-order valence-corrected chi connectivity index (χ0v) is 9.45. The fraction of sp³-hybridized carbons (Fsp3) is 0.800. The molecule has 80 valence electrons. The van der Waals surface area contributed by atoms with E-state index >= 15 is 0 Å². The molecule has 1 heterocycles. The van der Waals surface area contributed by atoms with Crippen molar-refractivity contribution in [2.45, 2.75) is 39.2 Å². The van der Waals surface area contributed by atoms with E-state index in [9.17, 15) is 0 Å². The Kier molecular flexibility index (Phi) is 3.63. The van der Waals surface area contributed by atoms with E-state index in [4.69, 9.17) is 4.74 Å². The molecule has 0 unspecified atom stereocenters. The maximum absolute atomic E-state index is 5.01. The van der Waals surface area contributed by atoms with Crippen molar-refractivity contribution in [1.82, 2.24) is 14.8 Å². The number of hydrogen-bond acceptors (Lipinski definition) is 3. The van der Waals surface area contributed by atoms with Crippen LogP contribution >= 0.6 is 0 Å². The first-order valence-electron chi connectivity index (χ1n) is 4.94. The average molecular weight is 197 g/mol. The summed E-state index contributed by atoms with van der Waals surface area (Å²) in [6.45, 7) is 7.22. The number of nitrogens with zero attached hydrogens (tertiary/aromatic N) is 3. The molecule has 4 nitrogen and oxygen atoms in total. The zero-order valence-electron chi connectivity index (χ0n) is 9.45. The highest BCUT2D eigenvalue weighted by Crippen LogP contribution is 2.15. The van der Waals surface area contributed by atoms with E-state index in [0.717, 1.165) is 25.3 Å². The number of aryl methyl sites for hydroxylation is 1. The van der Waals surface area contributed by atoms with Gasteiger partial charge in [-0.15, -0.1) is 10.2 Å².